The van der Waals surface area contributed by atoms with Gasteiger partial charge in [-0.05, 0) is 39.8 Å². The number of anilines is 2. The van der Waals surface area contributed by atoms with Gasteiger partial charge in [-0.1, -0.05) is 0 Å². The highest BCUT2D eigenvalue weighted by molar-refractivity contribution is 7.12. The average Bonchev–Trinajstić information content (AvgIpc) is 2.75. The standard InChI is InChI=1S/C14H20N4S/c1-5-15-13-8-14(18-11(4)17-13)16-10(3)12-7-6-9(2)19-12/h6-8,10H,5H2,1-4H3,(H2,15,16,17,18). The lowest BCUT2D eigenvalue weighted by Gasteiger charge is -2.14. The molecule has 102 valence electrons. The van der Waals surface area contributed by atoms with Crippen LogP contribution in [0.15, 0.2) is 18.2 Å². The van der Waals surface area contributed by atoms with Gasteiger partial charge >= 0.3 is 0 Å². The summed E-state index contributed by atoms with van der Waals surface area (Å²) in [6.07, 6.45) is 0. The molecule has 0 aliphatic rings. The molecule has 2 aromatic heterocycles. The van der Waals surface area contributed by atoms with E-state index in [0.29, 0.717) is 0 Å². The van der Waals surface area contributed by atoms with Crippen molar-refractivity contribution in [3.05, 3.63) is 33.8 Å². The predicted octanol–water partition coefficient (Wildman–Crippen LogP) is 3.76. The maximum absolute atomic E-state index is 4.43. The Morgan fingerprint density at radius 1 is 1.21 bits per heavy atom. The van der Waals surface area contributed by atoms with E-state index in [1.807, 2.05) is 24.3 Å². The number of nitrogens with one attached hydrogen (secondary N) is 2. The van der Waals surface area contributed by atoms with Crippen LogP contribution in [0.4, 0.5) is 11.6 Å². The van der Waals surface area contributed by atoms with Gasteiger partial charge in [-0.25, -0.2) is 9.97 Å². The van der Waals surface area contributed by atoms with E-state index in [0.717, 1.165) is 24.0 Å². The second-order valence-corrected chi connectivity index (χ2v) is 5.85. The third kappa shape index (κ3) is 3.67. The Bertz CT molecular complexity index is 550. The molecule has 0 amide bonds. The van der Waals surface area contributed by atoms with Gasteiger partial charge in [0.2, 0.25) is 0 Å². The fourth-order valence-electron chi connectivity index (χ4n) is 1.89. The molecule has 0 fully saturated rings. The predicted molar refractivity (Wildman–Crippen MR) is 82.0 cm³/mol. The first kappa shape index (κ1) is 13.8. The molecule has 0 aliphatic carbocycles. The Morgan fingerprint density at radius 3 is 2.58 bits per heavy atom. The van der Waals surface area contributed by atoms with Gasteiger partial charge < -0.3 is 10.6 Å². The summed E-state index contributed by atoms with van der Waals surface area (Å²) in [7, 11) is 0. The van der Waals surface area contributed by atoms with Gasteiger partial charge in [0, 0.05) is 22.4 Å². The van der Waals surface area contributed by atoms with Crippen molar-refractivity contribution < 1.29 is 0 Å². The first-order valence-electron chi connectivity index (χ1n) is 6.51. The highest BCUT2D eigenvalue weighted by Gasteiger charge is 2.09. The van der Waals surface area contributed by atoms with Gasteiger partial charge in [-0.15, -0.1) is 11.3 Å². The molecule has 1 atom stereocenters. The summed E-state index contributed by atoms with van der Waals surface area (Å²) in [5.41, 5.74) is 0. The largest absolute Gasteiger partial charge is 0.370 e. The molecule has 1 unspecified atom stereocenters. The van der Waals surface area contributed by atoms with Gasteiger partial charge in [0.05, 0.1) is 6.04 Å². The number of aryl methyl sites for hydroxylation is 2. The summed E-state index contributed by atoms with van der Waals surface area (Å²) >= 11 is 1.81. The second kappa shape index (κ2) is 6.02. The Labute approximate surface area is 118 Å². The van der Waals surface area contributed by atoms with E-state index >= 15 is 0 Å². The smallest absolute Gasteiger partial charge is 0.132 e. The number of hydrogen-bond donors (Lipinski definition) is 2. The number of rotatable bonds is 5. The van der Waals surface area contributed by atoms with E-state index in [4.69, 9.17) is 0 Å². The van der Waals surface area contributed by atoms with Crippen LogP contribution in [0.3, 0.4) is 0 Å². The van der Waals surface area contributed by atoms with Crippen LogP contribution in [-0.2, 0) is 0 Å². The Hall–Kier alpha value is -1.62. The Balaban J connectivity index is 2.14. The van der Waals surface area contributed by atoms with Crippen LogP contribution in [0.25, 0.3) is 0 Å². The molecule has 0 radical (unpaired) electrons. The topological polar surface area (TPSA) is 49.8 Å². The third-order valence-corrected chi connectivity index (χ3v) is 3.93. The zero-order valence-electron chi connectivity index (χ0n) is 11.8. The normalized spacial score (nSPS) is 12.2. The lowest BCUT2D eigenvalue weighted by Crippen LogP contribution is -2.09. The molecule has 5 heteroatoms. The molecule has 0 aromatic carbocycles. The van der Waals surface area contributed by atoms with E-state index in [-0.39, 0.29) is 6.04 Å². The molecule has 0 spiro atoms. The van der Waals surface area contributed by atoms with E-state index < -0.39 is 0 Å². The SMILES string of the molecule is CCNc1cc(NC(C)c2ccc(C)s2)nc(C)n1. The summed E-state index contributed by atoms with van der Waals surface area (Å²) in [5, 5.41) is 6.65. The second-order valence-electron chi connectivity index (χ2n) is 4.53. The van der Waals surface area contributed by atoms with Crippen LogP contribution in [0.5, 0.6) is 0 Å². The molecule has 19 heavy (non-hydrogen) atoms. The zero-order chi connectivity index (χ0) is 13.8. The summed E-state index contributed by atoms with van der Waals surface area (Å²) in [5.74, 6) is 2.50. The Kier molecular flexibility index (Phi) is 4.37. The number of thiophene rings is 1. The van der Waals surface area contributed by atoms with Gasteiger partial charge in [-0.3, -0.25) is 0 Å². The average molecular weight is 276 g/mol. The first-order chi connectivity index (χ1) is 9.08. The fraction of sp³-hybridized carbons (Fsp3) is 0.429. The molecule has 2 N–H and O–H groups in total. The highest BCUT2D eigenvalue weighted by Crippen LogP contribution is 2.25. The number of hydrogen-bond acceptors (Lipinski definition) is 5. The molecular formula is C14H20N4S. The van der Waals surface area contributed by atoms with Crippen molar-refractivity contribution in [1.29, 1.82) is 0 Å². The van der Waals surface area contributed by atoms with Crippen molar-refractivity contribution in [2.45, 2.75) is 33.7 Å². The van der Waals surface area contributed by atoms with Crippen LogP contribution in [0, 0.1) is 13.8 Å². The number of nitrogens with zero attached hydrogens (tertiary/aromatic N) is 2. The lowest BCUT2D eigenvalue weighted by molar-refractivity contribution is 0.886. The molecule has 0 saturated carbocycles. The highest BCUT2D eigenvalue weighted by atomic mass is 32.1. The minimum absolute atomic E-state index is 0.252. The minimum Gasteiger partial charge on any atom is -0.370 e. The van der Waals surface area contributed by atoms with Crippen LogP contribution in [0.1, 0.15) is 35.5 Å². The molecule has 2 aromatic rings. The maximum Gasteiger partial charge on any atom is 0.132 e. The molecule has 2 heterocycles. The Morgan fingerprint density at radius 2 is 1.95 bits per heavy atom. The zero-order valence-corrected chi connectivity index (χ0v) is 12.6. The van der Waals surface area contributed by atoms with Crippen molar-refractivity contribution in [2.75, 3.05) is 17.2 Å². The van der Waals surface area contributed by atoms with Gasteiger partial charge in [0.1, 0.15) is 17.5 Å². The molecule has 0 aliphatic heterocycles. The van der Waals surface area contributed by atoms with Crippen molar-refractivity contribution >= 4 is 23.0 Å². The molecule has 2 rings (SSSR count). The van der Waals surface area contributed by atoms with E-state index in [2.05, 4.69) is 53.5 Å². The monoisotopic (exact) mass is 276 g/mol. The summed E-state index contributed by atoms with van der Waals surface area (Å²) in [4.78, 5) is 11.4. The van der Waals surface area contributed by atoms with E-state index in [9.17, 15) is 0 Å². The summed E-state index contributed by atoms with van der Waals surface area (Å²) in [6, 6.07) is 6.51. The van der Waals surface area contributed by atoms with E-state index in [1.54, 1.807) is 0 Å². The van der Waals surface area contributed by atoms with Gasteiger partial charge in [0.15, 0.2) is 0 Å². The molecular weight excluding hydrogens is 256 g/mol. The van der Waals surface area contributed by atoms with Crippen molar-refractivity contribution in [1.82, 2.24) is 9.97 Å². The van der Waals surface area contributed by atoms with Crippen molar-refractivity contribution in [3.8, 4) is 0 Å². The van der Waals surface area contributed by atoms with Crippen LogP contribution in [-0.4, -0.2) is 16.5 Å². The lowest BCUT2D eigenvalue weighted by atomic mass is 10.2. The van der Waals surface area contributed by atoms with Crippen LogP contribution in [0.2, 0.25) is 0 Å². The minimum atomic E-state index is 0.252. The van der Waals surface area contributed by atoms with E-state index in [1.165, 1.54) is 9.75 Å². The van der Waals surface area contributed by atoms with Crippen molar-refractivity contribution in [2.24, 2.45) is 0 Å². The first-order valence-corrected chi connectivity index (χ1v) is 7.32. The van der Waals surface area contributed by atoms with Gasteiger partial charge in [-0.2, -0.15) is 0 Å². The fourth-order valence-corrected chi connectivity index (χ4v) is 2.77. The van der Waals surface area contributed by atoms with Crippen molar-refractivity contribution in [3.63, 3.8) is 0 Å². The summed E-state index contributed by atoms with van der Waals surface area (Å²) < 4.78 is 0. The summed E-state index contributed by atoms with van der Waals surface area (Å²) in [6.45, 7) is 9.10. The number of aromatic nitrogens is 2. The molecule has 0 saturated heterocycles. The molecule has 4 nitrogen and oxygen atoms in total. The molecule has 0 bridgehead atoms. The third-order valence-electron chi connectivity index (χ3n) is 2.75. The quantitative estimate of drug-likeness (QED) is 0.873. The van der Waals surface area contributed by atoms with Crippen LogP contribution >= 0.6 is 11.3 Å². The van der Waals surface area contributed by atoms with Crippen LogP contribution < -0.4 is 10.6 Å². The maximum atomic E-state index is 4.43. The van der Waals surface area contributed by atoms with Gasteiger partial charge in [0.25, 0.3) is 0 Å².